The van der Waals surface area contributed by atoms with Gasteiger partial charge in [0.25, 0.3) is 0 Å². The summed E-state index contributed by atoms with van der Waals surface area (Å²) in [4.78, 5) is 22.2. The Morgan fingerprint density at radius 3 is 2.64 bits per heavy atom. The highest BCUT2D eigenvalue weighted by molar-refractivity contribution is 5.87. The highest BCUT2D eigenvalue weighted by Gasteiger charge is 2.46. The zero-order valence-electron chi connectivity index (χ0n) is 14.3. The molecule has 0 amide bonds. The molecule has 1 aromatic carbocycles. The molecule has 2 unspecified atom stereocenters. The predicted octanol–water partition coefficient (Wildman–Crippen LogP) is 3.09. The number of aliphatic carboxylic acids is 2. The number of aryl methyl sites for hydroxylation is 1. The molecule has 1 heterocycles. The number of fused-ring (bicyclic) bond motifs is 3. The van der Waals surface area contributed by atoms with Gasteiger partial charge in [-0.15, -0.1) is 0 Å². The molecule has 0 bridgehead atoms. The van der Waals surface area contributed by atoms with Crippen molar-refractivity contribution in [3.63, 3.8) is 0 Å². The van der Waals surface area contributed by atoms with Crippen LogP contribution < -0.4 is 4.74 Å². The monoisotopic (exact) mass is 346 g/mol. The van der Waals surface area contributed by atoms with E-state index in [-0.39, 0.29) is 24.0 Å². The number of phenols is 1. The Morgan fingerprint density at radius 1 is 1.28 bits per heavy atom. The number of phenolic OH excluding ortho intramolecular Hbond substituents is 1. The molecule has 0 radical (unpaired) electrons. The predicted molar refractivity (Wildman–Crippen MR) is 90.0 cm³/mol. The number of ether oxygens (including phenoxy) is 1. The number of benzene rings is 1. The van der Waals surface area contributed by atoms with Gasteiger partial charge in [-0.05, 0) is 50.8 Å². The second-order valence-electron chi connectivity index (χ2n) is 7.29. The van der Waals surface area contributed by atoms with Crippen molar-refractivity contribution < 1.29 is 29.6 Å². The quantitative estimate of drug-likeness (QED) is 0.774. The maximum Gasteiger partial charge on any atom is 0.331 e. The maximum atomic E-state index is 11.4. The Balaban J connectivity index is 2.06. The zero-order valence-corrected chi connectivity index (χ0v) is 14.3. The van der Waals surface area contributed by atoms with Gasteiger partial charge in [0.05, 0.1) is 0 Å². The van der Waals surface area contributed by atoms with Gasteiger partial charge in [0, 0.05) is 29.4 Å². The first-order chi connectivity index (χ1) is 11.7. The Bertz CT molecular complexity index is 761. The molecule has 0 aromatic heterocycles. The lowest BCUT2D eigenvalue weighted by atomic mass is 9.67. The summed E-state index contributed by atoms with van der Waals surface area (Å²) >= 11 is 0. The molecule has 0 fully saturated rings. The van der Waals surface area contributed by atoms with Crippen molar-refractivity contribution in [2.24, 2.45) is 5.92 Å². The molecule has 0 saturated heterocycles. The summed E-state index contributed by atoms with van der Waals surface area (Å²) in [5, 5.41) is 28.7. The fraction of sp³-hybridized carbons (Fsp3) is 0.474. The van der Waals surface area contributed by atoms with Crippen LogP contribution in [0, 0.1) is 5.92 Å². The molecule has 1 aliphatic carbocycles. The molecular formula is C19H22O6. The van der Waals surface area contributed by atoms with Crippen LogP contribution in [0.3, 0.4) is 0 Å². The van der Waals surface area contributed by atoms with E-state index in [9.17, 15) is 19.8 Å². The van der Waals surface area contributed by atoms with Gasteiger partial charge in [-0.1, -0.05) is 6.08 Å². The molecule has 134 valence electrons. The zero-order chi connectivity index (χ0) is 18.4. The van der Waals surface area contributed by atoms with Crippen LogP contribution in [0.4, 0.5) is 0 Å². The van der Waals surface area contributed by atoms with Crippen LogP contribution in [0.15, 0.2) is 23.8 Å². The molecule has 6 nitrogen and oxygen atoms in total. The third kappa shape index (κ3) is 3.21. The number of hydrogen-bond donors (Lipinski definition) is 3. The van der Waals surface area contributed by atoms with E-state index in [1.807, 2.05) is 13.8 Å². The van der Waals surface area contributed by atoms with Crippen LogP contribution in [0.2, 0.25) is 0 Å². The van der Waals surface area contributed by atoms with Crippen molar-refractivity contribution >= 4 is 11.9 Å². The van der Waals surface area contributed by atoms with Gasteiger partial charge in [-0.2, -0.15) is 0 Å². The van der Waals surface area contributed by atoms with E-state index in [0.29, 0.717) is 41.7 Å². The second kappa shape index (κ2) is 6.10. The normalized spacial score (nSPS) is 23.7. The summed E-state index contributed by atoms with van der Waals surface area (Å²) in [6.45, 7) is 3.93. The van der Waals surface area contributed by atoms with E-state index in [0.717, 1.165) is 0 Å². The van der Waals surface area contributed by atoms with Crippen LogP contribution in [0.1, 0.15) is 50.2 Å². The lowest BCUT2D eigenvalue weighted by molar-refractivity contribution is -0.137. The van der Waals surface area contributed by atoms with Gasteiger partial charge in [0.15, 0.2) is 0 Å². The van der Waals surface area contributed by atoms with E-state index in [4.69, 9.17) is 9.84 Å². The summed E-state index contributed by atoms with van der Waals surface area (Å²) in [7, 11) is 0. The van der Waals surface area contributed by atoms with E-state index in [1.165, 1.54) is 0 Å². The molecule has 3 N–H and O–H groups in total. The first kappa shape index (κ1) is 17.3. The SMILES string of the molecule is CC1(C)Oc2cc(CCC(=O)O)cc(O)c2C2C=C(C(=O)O)CCC21. The molecular weight excluding hydrogens is 324 g/mol. The average molecular weight is 346 g/mol. The summed E-state index contributed by atoms with van der Waals surface area (Å²) in [5.74, 6) is -1.45. The highest BCUT2D eigenvalue weighted by atomic mass is 16.5. The fourth-order valence-electron chi connectivity index (χ4n) is 3.99. The standard InChI is InChI=1S/C19H22O6/c1-19(2)13-5-4-11(18(23)24)9-12(13)17-14(20)7-10(3-6-16(21)22)8-15(17)25-19/h7-9,12-13,20H,3-6H2,1-2H3,(H,21,22)(H,23,24). The van der Waals surface area contributed by atoms with Gasteiger partial charge >= 0.3 is 11.9 Å². The lowest BCUT2D eigenvalue weighted by Gasteiger charge is -2.46. The summed E-state index contributed by atoms with van der Waals surface area (Å²) < 4.78 is 6.13. The molecule has 25 heavy (non-hydrogen) atoms. The average Bonchev–Trinajstić information content (AvgIpc) is 2.51. The van der Waals surface area contributed by atoms with Crippen molar-refractivity contribution in [1.82, 2.24) is 0 Å². The third-order valence-electron chi connectivity index (χ3n) is 5.22. The Hall–Kier alpha value is -2.50. The summed E-state index contributed by atoms with van der Waals surface area (Å²) in [6.07, 6.45) is 3.16. The van der Waals surface area contributed by atoms with Crippen LogP contribution in [-0.2, 0) is 16.0 Å². The smallest absolute Gasteiger partial charge is 0.331 e. The van der Waals surface area contributed by atoms with Gasteiger partial charge < -0.3 is 20.1 Å². The number of carbonyl (C=O) groups is 2. The fourth-order valence-corrected chi connectivity index (χ4v) is 3.99. The Labute approximate surface area is 145 Å². The van der Waals surface area contributed by atoms with E-state index in [2.05, 4.69) is 0 Å². The molecule has 0 saturated carbocycles. The largest absolute Gasteiger partial charge is 0.507 e. The van der Waals surface area contributed by atoms with Gasteiger partial charge in [-0.25, -0.2) is 4.79 Å². The van der Waals surface area contributed by atoms with Crippen molar-refractivity contribution in [2.45, 2.75) is 51.0 Å². The minimum atomic E-state index is -0.929. The van der Waals surface area contributed by atoms with Gasteiger partial charge in [-0.3, -0.25) is 4.79 Å². The highest BCUT2D eigenvalue weighted by Crippen LogP contribution is 2.53. The number of aromatic hydroxyl groups is 1. The van der Waals surface area contributed by atoms with Crippen LogP contribution in [0.5, 0.6) is 11.5 Å². The summed E-state index contributed by atoms with van der Waals surface area (Å²) in [6, 6.07) is 3.32. The van der Waals surface area contributed by atoms with E-state index >= 15 is 0 Å². The minimum absolute atomic E-state index is 0.0310. The van der Waals surface area contributed by atoms with Crippen LogP contribution >= 0.6 is 0 Å². The van der Waals surface area contributed by atoms with Gasteiger partial charge in [0.2, 0.25) is 0 Å². The first-order valence-electron chi connectivity index (χ1n) is 8.39. The summed E-state index contributed by atoms with van der Waals surface area (Å²) in [5.41, 5.74) is 1.14. The van der Waals surface area contributed by atoms with E-state index < -0.39 is 17.5 Å². The molecule has 0 spiro atoms. The number of allylic oxidation sites excluding steroid dienone is 1. The lowest BCUT2D eigenvalue weighted by Crippen LogP contribution is -2.45. The number of carboxylic acids is 2. The van der Waals surface area contributed by atoms with E-state index in [1.54, 1.807) is 18.2 Å². The van der Waals surface area contributed by atoms with Crippen molar-refractivity contribution in [3.8, 4) is 11.5 Å². The first-order valence-corrected chi connectivity index (χ1v) is 8.39. The maximum absolute atomic E-state index is 11.4. The van der Waals surface area contributed by atoms with Crippen molar-refractivity contribution in [3.05, 3.63) is 34.9 Å². The second-order valence-corrected chi connectivity index (χ2v) is 7.29. The molecule has 6 heteroatoms. The number of carboxylic acid groups (broad SMARTS) is 2. The van der Waals surface area contributed by atoms with Crippen LogP contribution in [0.25, 0.3) is 0 Å². The van der Waals surface area contributed by atoms with Crippen molar-refractivity contribution in [2.75, 3.05) is 0 Å². The Morgan fingerprint density at radius 2 is 2.00 bits per heavy atom. The van der Waals surface area contributed by atoms with Gasteiger partial charge in [0.1, 0.15) is 17.1 Å². The number of hydrogen-bond acceptors (Lipinski definition) is 4. The van der Waals surface area contributed by atoms with Crippen molar-refractivity contribution in [1.29, 1.82) is 0 Å². The molecule has 2 aliphatic rings. The Kier molecular flexibility index (Phi) is 4.22. The molecule has 2 atom stereocenters. The topological polar surface area (TPSA) is 104 Å². The number of rotatable bonds is 4. The molecule has 1 aromatic rings. The third-order valence-corrected chi connectivity index (χ3v) is 5.22. The molecule has 3 rings (SSSR count). The van der Waals surface area contributed by atoms with Crippen LogP contribution in [-0.4, -0.2) is 32.9 Å². The molecule has 1 aliphatic heterocycles. The minimum Gasteiger partial charge on any atom is -0.507 e.